The molecule has 1 rings (SSSR count). The molecule has 1 aromatic carbocycles. The SMILES string of the molecule is CC(C)OC(=O)NS(=O)(=O)NCc1cccc(O)c1. The number of hydrogen-bond donors (Lipinski definition) is 3. The van der Waals surface area contributed by atoms with Gasteiger partial charge in [-0.05, 0) is 31.5 Å². The van der Waals surface area contributed by atoms with Gasteiger partial charge in [0.1, 0.15) is 5.75 Å². The van der Waals surface area contributed by atoms with Crippen LogP contribution in [0.1, 0.15) is 19.4 Å². The van der Waals surface area contributed by atoms with Crippen LogP contribution in [0.15, 0.2) is 24.3 Å². The van der Waals surface area contributed by atoms with Crippen LogP contribution < -0.4 is 9.44 Å². The van der Waals surface area contributed by atoms with Gasteiger partial charge in [0.05, 0.1) is 6.10 Å². The standard InChI is InChI=1S/C11H16N2O5S/c1-8(2)18-11(15)13-19(16,17)12-7-9-4-3-5-10(14)6-9/h3-6,8,12,14H,7H2,1-2H3,(H,13,15). The molecule has 0 aromatic heterocycles. The minimum Gasteiger partial charge on any atom is -0.508 e. The average molecular weight is 288 g/mol. The third-order valence-electron chi connectivity index (χ3n) is 1.94. The molecular formula is C11H16N2O5S. The predicted molar refractivity (Wildman–Crippen MR) is 68.6 cm³/mol. The van der Waals surface area contributed by atoms with E-state index in [0.717, 1.165) is 0 Å². The summed E-state index contributed by atoms with van der Waals surface area (Å²) in [5, 5.41) is 9.22. The summed E-state index contributed by atoms with van der Waals surface area (Å²) in [6.07, 6.45) is -1.46. The molecule has 0 spiro atoms. The van der Waals surface area contributed by atoms with Crippen molar-refractivity contribution >= 4 is 16.3 Å². The number of phenols is 1. The van der Waals surface area contributed by atoms with E-state index in [-0.39, 0.29) is 12.3 Å². The molecule has 0 unspecified atom stereocenters. The number of carbonyl (C=O) groups is 1. The van der Waals surface area contributed by atoms with Crippen LogP contribution in [0.3, 0.4) is 0 Å². The van der Waals surface area contributed by atoms with E-state index in [1.807, 2.05) is 0 Å². The molecule has 0 aliphatic rings. The fourth-order valence-corrected chi connectivity index (χ4v) is 1.93. The van der Waals surface area contributed by atoms with E-state index in [4.69, 9.17) is 0 Å². The van der Waals surface area contributed by atoms with Gasteiger partial charge < -0.3 is 9.84 Å². The fourth-order valence-electron chi connectivity index (χ4n) is 1.23. The van der Waals surface area contributed by atoms with Crippen LogP contribution in [0.4, 0.5) is 4.79 Å². The topological polar surface area (TPSA) is 105 Å². The molecule has 0 heterocycles. The maximum atomic E-state index is 11.5. The lowest BCUT2D eigenvalue weighted by atomic mass is 10.2. The van der Waals surface area contributed by atoms with Gasteiger partial charge in [-0.25, -0.2) is 9.52 Å². The molecule has 0 saturated heterocycles. The van der Waals surface area contributed by atoms with Gasteiger partial charge in [-0.2, -0.15) is 13.1 Å². The molecule has 1 amide bonds. The summed E-state index contributed by atoms with van der Waals surface area (Å²) >= 11 is 0. The number of ether oxygens (including phenoxy) is 1. The van der Waals surface area contributed by atoms with Crippen molar-refractivity contribution in [2.45, 2.75) is 26.5 Å². The highest BCUT2D eigenvalue weighted by molar-refractivity contribution is 7.88. The van der Waals surface area contributed by atoms with Crippen LogP contribution in [0.5, 0.6) is 5.75 Å². The van der Waals surface area contributed by atoms with Crippen LogP contribution in [0.2, 0.25) is 0 Å². The molecule has 1 aromatic rings. The quantitative estimate of drug-likeness (QED) is 0.745. The summed E-state index contributed by atoms with van der Waals surface area (Å²) in [6, 6.07) is 6.10. The van der Waals surface area contributed by atoms with Crippen molar-refractivity contribution in [1.29, 1.82) is 0 Å². The predicted octanol–water partition coefficient (Wildman–Crippen LogP) is 0.861. The number of phenolic OH excluding ortho intramolecular Hbond substituents is 1. The molecule has 19 heavy (non-hydrogen) atoms. The smallest absolute Gasteiger partial charge is 0.422 e. The zero-order valence-electron chi connectivity index (χ0n) is 10.6. The molecule has 0 bridgehead atoms. The molecule has 0 fully saturated rings. The maximum Gasteiger partial charge on any atom is 0.422 e. The van der Waals surface area contributed by atoms with Crippen LogP contribution in [0, 0.1) is 0 Å². The number of carbonyl (C=O) groups excluding carboxylic acids is 1. The molecule has 0 aliphatic heterocycles. The first-order chi connectivity index (χ1) is 8.78. The van der Waals surface area contributed by atoms with Gasteiger partial charge in [0.2, 0.25) is 0 Å². The molecule has 3 N–H and O–H groups in total. The monoisotopic (exact) mass is 288 g/mol. The Hall–Kier alpha value is -1.80. The second-order valence-corrected chi connectivity index (χ2v) is 5.55. The largest absolute Gasteiger partial charge is 0.508 e. The number of hydrogen-bond acceptors (Lipinski definition) is 5. The fraction of sp³-hybridized carbons (Fsp3) is 0.364. The number of nitrogens with one attached hydrogen (secondary N) is 2. The Morgan fingerprint density at radius 3 is 2.68 bits per heavy atom. The van der Waals surface area contributed by atoms with Crippen LogP contribution in [0.25, 0.3) is 0 Å². The Kier molecular flexibility index (Phi) is 5.13. The maximum absolute atomic E-state index is 11.5. The minimum atomic E-state index is -3.99. The van der Waals surface area contributed by atoms with E-state index in [0.29, 0.717) is 5.56 Å². The molecular weight excluding hydrogens is 272 g/mol. The Labute approximate surface area is 111 Å². The van der Waals surface area contributed by atoms with Gasteiger partial charge in [0.25, 0.3) is 0 Å². The molecule has 106 valence electrons. The van der Waals surface area contributed by atoms with Gasteiger partial charge >= 0.3 is 16.3 Å². The van der Waals surface area contributed by atoms with Gasteiger partial charge in [-0.15, -0.1) is 0 Å². The Balaban J connectivity index is 2.54. The first-order valence-electron chi connectivity index (χ1n) is 5.54. The third kappa shape index (κ3) is 6.07. The molecule has 8 heteroatoms. The molecule has 0 atom stereocenters. The van der Waals surface area contributed by atoms with Gasteiger partial charge in [-0.3, -0.25) is 0 Å². The van der Waals surface area contributed by atoms with Crippen LogP contribution in [-0.4, -0.2) is 25.7 Å². The normalized spacial score (nSPS) is 11.3. The third-order valence-corrected chi connectivity index (χ3v) is 2.90. The summed E-state index contributed by atoms with van der Waals surface area (Å²) < 4.78 is 31.5. The lowest BCUT2D eigenvalue weighted by molar-refractivity contribution is 0.121. The van der Waals surface area contributed by atoms with E-state index in [1.54, 1.807) is 30.7 Å². The lowest BCUT2D eigenvalue weighted by Gasteiger charge is -2.10. The van der Waals surface area contributed by atoms with E-state index in [2.05, 4.69) is 9.46 Å². The lowest BCUT2D eigenvalue weighted by Crippen LogP contribution is -2.40. The van der Waals surface area contributed by atoms with E-state index in [1.165, 1.54) is 12.1 Å². The Morgan fingerprint density at radius 2 is 2.11 bits per heavy atom. The highest BCUT2D eigenvalue weighted by Crippen LogP contribution is 2.10. The second-order valence-electron chi connectivity index (χ2n) is 4.05. The van der Waals surface area contributed by atoms with Crippen molar-refractivity contribution in [1.82, 2.24) is 9.44 Å². The zero-order chi connectivity index (χ0) is 14.5. The molecule has 0 radical (unpaired) electrons. The van der Waals surface area contributed by atoms with Crippen molar-refractivity contribution in [2.75, 3.05) is 0 Å². The zero-order valence-corrected chi connectivity index (χ0v) is 11.4. The first kappa shape index (κ1) is 15.3. The summed E-state index contributed by atoms with van der Waals surface area (Å²) in [7, 11) is -3.99. The number of amides is 1. The highest BCUT2D eigenvalue weighted by atomic mass is 32.2. The van der Waals surface area contributed by atoms with Gasteiger partial charge in [0, 0.05) is 6.54 Å². The number of aromatic hydroxyl groups is 1. The van der Waals surface area contributed by atoms with E-state index >= 15 is 0 Å². The molecule has 7 nitrogen and oxygen atoms in total. The summed E-state index contributed by atoms with van der Waals surface area (Å²) in [4.78, 5) is 11.1. The average Bonchev–Trinajstić information content (AvgIpc) is 2.24. The summed E-state index contributed by atoms with van der Waals surface area (Å²) in [5.41, 5.74) is 0.558. The van der Waals surface area contributed by atoms with Gasteiger partial charge in [-0.1, -0.05) is 12.1 Å². The van der Waals surface area contributed by atoms with E-state index in [9.17, 15) is 18.3 Å². The summed E-state index contributed by atoms with van der Waals surface area (Å²) in [6.45, 7) is 3.15. The first-order valence-corrected chi connectivity index (χ1v) is 7.03. The summed E-state index contributed by atoms with van der Waals surface area (Å²) in [5.74, 6) is 0.0314. The molecule has 0 saturated carbocycles. The molecule has 0 aliphatic carbocycles. The second kappa shape index (κ2) is 6.39. The Morgan fingerprint density at radius 1 is 1.42 bits per heavy atom. The van der Waals surface area contributed by atoms with Gasteiger partial charge in [0.15, 0.2) is 0 Å². The Bertz CT molecular complexity index is 542. The number of rotatable bonds is 5. The highest BCUT2D eigenvalue weighted by Gasteiger charge is 2.15. The minimum absolute atomic E-state index is 0.0314. The van der Waals surface area contributed by atoms with Crippen molar-refractivity contribution < 1.29 is 23.1 Å². The van der Waals surface area contributed by atoms with Crippen molar-refractivity contribution in [3.8, 4) is 5.75 Å². The van der Waals surface area contributed by atoms with Crippen molar-refractivity contribution in [3.05, 3.63) is 29.8 Å². The van der Waals surface area contributed by atoms with E-state index < -0.39 is 22.4 Å². The van der Waals surface area contributed by atoms with Crippen LogP contribution in [-0.2, 0) is 21.5 Å². The van der Waals surface area contributed by atoms with Crippen molar-refractivity contribution in [3.63, 3.8) is 0 Å². The van der Waals surface area contributed by atoms with Crippen LogP contribution >= 0.6 is 0 Å². The number of benzene rings is 1. The van der Waals surface area contributed by atoms with Crippen molar-refractivity contribution in [2.24, 2.45) is 0 Å².